The zero-order valence-electron chi connectivity index (χ0n) is 12.3. The maximum atomic E-state index is 10.3. The van der Waals surface area contributed by atoms with Gasteiger partial charge in [-0.2, -0.15) is 10.2 Å². The number of likely N-dealkylation sites (tertiary alicyclic amines) is 1. The Morgan fingerprint density at radius 2 is 1.81 bits per heavy atom. The van der Waals surface area contributed by atoms with Gasteiger partial charge in [0.1, 0.15) is 0 Å². The molecule has 6 heteroatoms. The number of hydrogen-bond acceptors (Lipinski definition) is 4. The molecule has 0 spiro atoms. The molecule has 0 aliphatic carbocycles. The van der Waals surface area contributed by atoms with Crippen molar-refractivity contribution in [3.05, 3.63) is 36.9 Å². The van der Waals surface area contributed by atoms with Gasteiger partial charge in [0.15, 0.2) is 0 Å². The highest BCUT2D eigenvalue weighted by Gasteiger charge is 2.24. The lowest BCUT2D eigenvalue weighted by Crippen LogP contribution is -2.46. The van der Waals surface area contributed by atoms with Crippen molar-refractivity contribution in [3.63, 3.8) is 0 Å². The van der Waals surface area contributed by atoms with Crippen LogP contribution >= 0.6 is 0 Å². The zero-order chi connectivity index (χ0) is 14.5. The van der Waals surface area contributed by atoms with Crippen LogP contribution in [0.15, 0.2) is 36.9 Å². The fraction of sp³-hybridized carbons (Fsp3) is 0.600. The number of β-amino-alcohol motifs (C(OH)–C–C–N with tert-alkyl or cyclic N) is 1. The van der Waals surface area contributed by atoms with Gasteiger partial charge in [0.05, 0.1) is 19.2 Å². The Labute approximate surface area is 125 Å². The van der Waals surface area contributed by atoms with Crippen LogP contribution in [0.4, 0.5) is 0 Å². The predicted molar refractivity (Wildman–Crippen MR) is 79.7 cm³/mol. The number of aromatic nitrogens is 4. The molecule has 0 radical (unpaired) electrons. The Morgan fingerprint density at radius 1 is 1.05 bits per heavy atom. The standard InChI is InChI=1S/C15H23N5O/c21-15(13-20-10-4-7-17-20)12-18-8-2-1-5-14(18)11-19-9-3-6-16-19/h3-4,6-7,9-10,14-15,21H,1-2,5,8,11-13H2/t14-,15-/m0/s1. The van der Waals surface area contributed by atoms with Crippen LogP contribution in [0.5, 0.6) is 0 Å². The molecule has 6 nitrogen and oxygen atoms in total. The summed E-state index contributed by atoms with van der Waals surface area (Å²) in [7, 11) is 0. The minimum atomic E-state index is -0.386. The maximum Gasteiger partial charge on any atom is 0.0862 e. The molecule has 0 saturated carbocycles. The molecule has 1 aliphatic heterocycles. The molecule has 3 heterocycles. The maximum absolute atomic E-state index is 10.3. The monoisotopic (exact) mass is 289 g/mol. The molecule has 1 saturated heterocycles. The third-order valence-electron chi connectivity index (χ3n) is 4.11. The molecule has 2 atom stereocenters. The lowest BCUT2D eigenvalue weighted by molar-refractivity contribution is 0.0496. The van der Waals surface area contributed by atoms with Gasteiger partial charge in [-0.1, -0.05) is 6.42 Å². The lowest BCUT2D eigenvalue weighted by atomic mass is 10.0. The molecule has 2 aromatic heterocycles. The molecular formula is C15H23N5O. The average Bonchev–Trinajstić information content (AvgIpc) is 3.14. The van der Waals surface area contributed by atoms with E-state index in [0.717, 1.165) is 13.1 Å². The van der Waals surface area contributed by atoms with Crippen LogP contribution in [0.25, 0.3) is 0 Å². The van der Waals surface area contributed by atoms with Crippen molar-refractivity contribution in [2.24, 2.45) is 0 Å². The molecule has 0 amide bonds. The van der Waals surface area contributed by atoms with Gasteiger partial charge in [-0.05, 0) is 31.5 Å². The third-order valence-corrected chi connectivity index (χ3v) is 4.11. The van der Waals surface area contributed by atoms with Gasteiger partial charge in [0, 0.05) is 37.4 Å². The second kappa shape index (κ2) is 6.87. The van der Waals surface area contributed by atoms with E-state index in [0.29, 0.717) is 19.1 Å². The van der Waals surface area contributed by atoms with E-state index in [1.807, 2.05) is 35.4 Å². The lowest BCUT2D eigenvalue weighted by Gasteiger charge is -2.36. The molecule has 0 unspecified atom stereocenters. The molecule has 0 aromatic carbocycles. The first kappa shape index (κ1) is 14.3. The normalized spacial score (nSPS) is 21.5. The van der Waals surface area contributed by atoms with Gasteiger partial charge in [-0.25, -0.2) is 0 Å². The highest BCUT2D eigenvalue weighted by Crippen LogP contribution is 2.18. The van der Waals surface area contributed by atoms with E-state index in [2.05, 4.69) is 15.1 Å². The molecule has 21 heavy (non-hydrogen) atoms. The number of rotatable bonds is 6. The van der Waals surface area contributed by atoms with E-state index in [9.17, 15) is 5.11 Å². The van der Waals surface area contributed by atoms with Crippen LogP contribution < -0.4 is 0 Å². The summed E-state index contributed by atoms with van der Waals surface area (Å²) in [6.07, 6.45) is 10.7. The van der Waals surface area contributed by atoms with E-state index in [-0.39, 0.29) is 6.10 Å². The van der Waals surface area contributed by atoms with Gasteiger partial charge in [0.2, 0.25) is 0 Å². The summed E-state index contributed by atoms with van der Waals surface area (Å²) in [5.41, 5.74) is 0. The molecule has 114 valence electrons. The second-order valence-corrected chi connectivity index (χ2v) is 5.75. The number of aliphatic hydroxyl groups is 1. The molecular weight excluding hydrogens is 266 g/mol. The number of aliphatic hydroxyl groups excluding tert-OH is 1. The van der Waals surface area contributed by atoms with Crippen LogP contribution in [0.2, 0.25) is 0 Å². The summed E-state index contributed by atoms with van der Waals surface area (Å²) in [4.78, 5) is 2.40. The quantitative estimate of drug-likeness (QED) is 0.862. The van der Waals surface area contributed by atoms with E-state index in [1.54, 1.807) is 10.9 Å². The van der Waals surface area contributed by atoms with Crippen molar-refractivity contribution in [2.75, 3.05) is 13.1 Å². The SMILES string of the molecule is O[C@@H](CN1CCCC[C@H]1Cn1cccn1)Cn1cccn1. The van der Waals surface area contributed by atoms with E-state index >= 15 is 0 Å². The highest BCUT2D eigenvalue weighted by atomic mass is 16.3. The van der Waals surface area contributed by atoms with E-state index < -0.39 is 0 Å². The first-order valence-corrected chi connectivity index (χ1v) is 7.68. The van der Waals surface area contributed by atoms with Crippen molar-refractivity contribution in [3.8, 4) is 0 Å². The fourth-order valence-electron chi connectivity index (χ4n) is 3.08. The summed E-state index contributed by atoms with van der Waals surface area (Å²) >= 11 is 0. The van der Waals surface area contributed by atoms with Crippen LogP contribution in [0.3, 0.4) is 0 Å². The molecule has 1 N–H and O–H groups in total. The molecule has 3 rings (SSSR count). The summed E-state index contributed by atoms with van der Waals surface area (Å²) in [6.45, 7) is 3.22. The fourth-order valence-corrected chi connectivity index (χ4v) is 3.08. The largest absolute Gasteiger partial charge is 0.390 e. The third kappa shape index (κ3) is 3.92. The number of nitrogens with zero attached hydrogens (tertiary/aromatic N) is 5. The topological polar surface area (TPSA) is 59.1 Å². The van der Waals surface area contributed by atoms with Gasteiger partial charge in [0.25, 0.3) is 0 Å². The molecule has 1 aliphatic rings. The van der Waals surface area contributed by atoms with Gasteiger partial charge < -0.3 is 5.11 Å². The molecule has 1 fully saturated rings. The van der Waals surface area contributed by atoms with Crippen LogP contribution in [0, 0.1) is 0 Å². The second-order valence-electron chi connectivity index (χ2n) is 5.75. The first-order chi connectivity index (χ1) is 10.3. The van der Waals surface area contributed by atoms with Gasteiger partial charge in [-0.15, -0.1) is 0 Å². The Hall–Kier alpha value is -1.66. The summed E-state index contributed by atoms with van der Waals surface area (Å²) in [5, 5.41) is 18.7. The highest BCUT2D eigenvalue weighted by molar-refractivity contribution is 4.84. The number of hydrogen-bond donors (Lipinski definition) is 1. The van der Waals surface area contributed by atoms with Crippen molar-refractivity contribution < 1.29 is 5.11 Å². The zero-order valence-corrected chi connectivity index (χ0v) is 12.3. The summed E-state index contributed by atoms with van der Waals surface area (Å²) in [5.74, 6) is 0. The molecule has 0 bridgehead atoms. The minimum Gasteiger partial charge on any atom is -0.390 e. The van der Waals surface area contributed by atoms with Crippen molar-refractivity contribution in [1.29, 1.82) is 0 Å². The number of piperidine rings is 1. The van der Waals surface area contributed by atoms with Crippen LogP contribution in [-0.4, -0.2) is 54.8 Å². The van der Waals surface area contributed by atoms with Crippen molar-refractivity contribution >= 4 is 0 Å². The summed E-state index contributed by atoms with van der Waals surface area (Å²) < 4.78 is 3.78. The van der Waals surface area contributed by atoms with Crippen molar-refractivity contribution in [1.82, 2.24) is 24.5 Å². The Morgan fingerprint density at radius 3 is 2.52 bits per heavy atom. The van der Waals surface area contributed by atoms with Crippen LogP contribution in [-0.2, 0) is 13.1 Å². The summed E-state index contributed by atoms with van der Waals surface area (Å²) in [6, 6.07) is 4.30. The minimum absolute atomic E-state index is 0.386. The van der Waals surface area contributed by atoms with Crippen LogP contribution in [0.1, 0.15) is 19.3 Å². The van der Waals surface area contributed by atoms with Gasteiger partial charge in [-0.3, -0.25) is 14.3 Å². The van der Waals surface area contributed by atoms with E-state index in [4.69, 9.17) is 0 Å². The Balaban J connectivity index is 1.56. The van der Waals surface area contributed by atoms with Gasteiger partial charge >= 0.3 is 0 Å². The van der Waals surface area contributed by atoms with Crippen molar-refractivity contribution in [2.45, 2.75) is 44.5 Å². The average molecular weight is 289 g/mol. The predicted octanol–water partition coefficient (Wildman–Crippen LogP) is 0.995. The smallest absolute Gasteiger partial charge is 0.0862 e. The Bertz CT molecular complexity index is 510. The first-order valence-electron chi connectivity index (χ1n) is 7.68. The molecule has 2 aromatic rings. The Kier molecular flexibility index (Phi) is 4.67. The van der Waals surface area contributed by atoms with E-state index in [1.165, 1.54) is 19.3 Å².